The number of rotatable bonds is 14. The second-order valence-electron chi connectivity index (χ2n) is 16.3. The molecule has 4 amide bonds. The molecule has 330 valence electrons. The predicted octanol–water partition coefficient (Wildman–Crippen LogP) is 4.59. The number of amides is 4. The number of nitrogens with one attached hydrogen (secondary N) is 2. The molecule has 0 saturated carbocycles. The number of amidine groups is 1. The number of likely N-dealkylation sites (tertiary alicyclic amines) is 3. The Morgan fingerprint density at radius 3 is 2.18 bits per heavy atom. The fraction of sp³-hybridized carbons (Fsp3) is 0.595. The van der Waals surface area contributed by atoms with E-state index in [1.54, 1.807) is 29.2 Å². The summed E-state index contributed by atoms with van der Waals surface area (Å²) in [7, 11) is 3.96. The maximum absolute atomic E-state index is 14.1. The van der Waals surface area contributed by atoms with Crippen molar-refractivity contribution in [3.05, 3.63) is 64.2 Å². The van der Waals surface area contributed by atoms with E-state index in [0.29, 0.717) is 62.9 Å². The minimum atomic E-state index is -4.80. The summed E-state index contributed by atoms with van der Waals surface area (Å²) in [6.07, 6.45) is -1.88. The van der Waals surface area contributed by atoms with Crippen molar-refractivity contribution in [1.29, 1.82) is 5.41 Å². The molecule has 0 aromatic heterocycles. The van der Waals surface area contributed by atoms with Crippen molar-refractivity contribution in [1.82, 2.24) is 24.9 Å². The number of nitrogen functional groups attached to an aromatic ring is 1. The molecule has 3 fully saturated rings. The Kier molecular flexibility index (Phi) is 17.0. The van der Waals surface area contributed by atoms with Crippen LogP contribution in [-0.4, -0.2) is 135 Å². The van der Waals surface area contributed by atoms with E-state index in [-0.39, 0.29) is 47.9 Å². The number of halogens is 4. The van der Waals surface area contributed by atoms with Gasteiger partial charge in [0.25, 0.3) is 5.91 Å². The molecule has 6 N–H and O–H groups in total. The number of anilines is 1. The summed E-state index contributed by atoms with van der Waals surface area (Å²) in [6.45, 7) is 4.97. The summed E-state index contributed by atoms with van der Waals surface area (Å²) in [4.78, 5) is 59.9. The molecule has 0 bridgehead atoms. The fourth-order valence-corrected chi connectivity index (χ4v) is 8.49. The first-order valence-corrected chi connectivity index (χ1v) is 21.2. The van der Waals surface area contributed by atoms with Crippen molar-refractivity contribution in [2.24, 2.45) is 11.8 Å². The Hall–Kier alpha value is -4.45. The van der Waals surface area contributed by atoms with Gasteiger partial charge in [-0.1, -0.05) is 41.9 Å². The van der Waals surface area contributed by atoms with Gasteiger partial charge in [-0.2, -0.15) is 13.2 Å². The number of nitrogens with zero attached hydrogens (tertiary/aromatic N) is 4. The van der Waals surface area contributed by atoms with Crippen molar-refractivity contribution < 1.29 is 47.1 Å². The highest BCUT2D eigenvalue weighted by atomic mass is 35.5. The number of carbonyl (C=O) groups excluding carboxylic acids is 4. The van der Waals surface area contributed by atoms with E-state index in [4.69, 9.17) is 32.2 Å². The van der Waals surface area contributed by atoms with E-state index in [9.17, 15) is 32.3 Å². The number of ether oxygens (including phenoxy) is 2. The van der Waals surface area contributed by atoms with Gasteiger partial charge in [-0.25, -0.2) is 9.59 Å². The zero-order valence-corrected chi connectivity index (χ0v) is 35.2. The first kappa shape index (κ1) is 46.6. The quantitative estimate of drug-likeness (QED) is 0.0696. The number of primary amides is 1. The van der Waals surface area contributed by atoms with Gasteiger partial charge >= 0.3 is 24.3 Å². The average Bonchev–Trinajstić information content (AvgIpc) is 3.22. The fourth-order valence-electron chi connectivity index (χ4n) is 8.25. The van der Waals surface area contributed by atoms with Gasteiger partial charge in [-0.3, -0.25) is 25.6 Å². The van der Waals surface area contributed by atoms with E-state index in [2.05, 4.69) is 10.2 Å². The molecule has 3 aliphatic rings. The lowest BCUT2D eigenvalue weighted by Crippen LogP contribution is -2.96. The number of carbonyl (C=O) groups is 4. The number of esters is 1. The highest BCUT2D eigenvalue weighted by Crippen LogP contribution is 2.38. The number of hydrogen-bond donors (Lipinski definition) is 4. The molecule has 3 aliphatic heterocycles. The van der Waals surface area contributed by atoms with Crippen LogP contribution >= 0.6 is 11.6 Å². The van der Waals surface area contributed by atoms with Gasteiger partial charge in [-0.15, -0.1) is 0 Å². The maximum atomic E-state index is 14.1. The third-order valence-corrected chi connectivity index (χ3v) is 12.0. The minimum Gasteiger partial charge on any atom is -0.466 e. The van der Waals surface area contributed by atoms with Crippen molar-refractivity contribution in [2.75, 3.05) is 78.8 Å². The number of nitrogens with two attached hydrogens (primary N) is 2. The number of piperidine rings is 3. The summed E-state index contributed by atoms with van der Waals surface area (Å²) >= 11 is 6.13. The summed E-state index contributed by atoms with van der Waals surface area (Å²) in [6, 6.07) is 10.3. The summed E-state index contributed by atoms with van der Waals surface area (Å²) in [5.74, 6) is 0.146. The lowest BCUT2D eigenvalue weighted by atomic mass is 9.78. The third-order valence-electron chi connectivity index (χ3n) is 11.7. The molecule has 5 rings (SSSR count). The second kappa shape index (κ2) is 21.9. The number of quaternary nitrogens is 1. The Morgan fingerprint density at radius 2 is 1.57 bits per heavy atom. The zero-order valence-electron chi connectivity index (χ0n) is 34.5. The first-order valence-electron chi connectivity index (χ1n) is 20.8. The Labute approximate surface area is 354 Å². The maximum Gasteiger partial charge on any atom is 0.419 e. The van der Waals surface area contributed by atoms with Crippen molar-refractivity contribution in [3.63, 3.8) is 0 Å². The van der Waals surface area contributed by atoms with Crippen LogP contribution in [0.4, 0.5) is 28.4 Å². The molecule has 3 heterocycles. The smallest absolute Gasteiger partial charge is 0.419 e. The SMILES string of the molecule is CN(C)CCCOC(=O)CCN1CCC(C2CCN(C(=O)[C@@H](Cc3cc(Cl)c(N)c(C(F)(F)F)c3)OC(=O)N3CCC([NH2+]C(=O)NC(=N)c4ccccc4)CC3)CC2)CC1. The van der Waals surface area contributed by atoms with Gasteiger partial charge in [0.2, 0.25) is 0 Å². The average molecular weight is 864 g/mol. The van der Waals surface area contributed by atoms with E-state index in [1.807, 2.05) is 25.1 Å². The standard InChI is InChI=1S/C42H58ClF3N8O6/c1-51(2)16-6-24-59-36(55)15-19-52-17-9-29(10-18-52)30-11-20-53(21-12-30)39(56)35(27-28-25-33(42(44,45)46)37(47)34(43)26-28)60-41(58)54-22-13-32(14-23-54)49-40(57)50-38(48)31-7-4-3-5-8-31/h3-5,7-8,25-26,29-30,32,35H,6,9-24,27,47H2,1-2H3,(H3,48,49,50,57)/p+1/t35-/m1/s1. The molecule has 60 heavy (non-hydrogen) atoms. The van der Waals surface area contributed by atoms with Crippen LogP contribution in [0.1, 0.15) is 68.1 Å². The first-order chi connectivity index (χ1) is 28.6. The van der Waals surface area contributed by atoms with Crippen LogP contribution in [0.5, 0.6) is 0 Å². The highest BCUT2D eigenvalue weighted by Gasteiger charge is 2.38. The summed E-state index contributed by atoms with van der Waals surface area (Å²) in [5, 5.41) is 11.9. The number of hydrogen-bond acceptors (Lipinski definition) is 10. The minimum absolute atomic E-state index is 0.0259. The molecule has 0 unspecified atom stereocenters. The van der Waals surface area contributed by atoms with Crippen LogP contribution in [0.3, 0.4) is 0 Å². The molecule has 1 atom stereocenters. The molecule has 3 saturated heterocycles. The number of benzene rings is 2. The second-order valence-corrected chi connectivity index (χ2v) is 16.7. The predicted molar refractivity (Wildman–Crippen MR) is 220 cm³/mol. The molecular formula is C42H59ClF3N8O6+. The van der Waals surface area contributed by atoms with Crippen LogP contribution in [-0.2, 0) is 31.7 Å². The van der Waals surface area contributed by atoms with Crippen LogP contribution in [0, 0.1) is 17.2 Å². The van der Waals surface area contributed by atoms with E-state index in [1.165, 1.54) is 16.3 Å². The monoisotopic (exact) mass is 863 g/mol. The van der Waals surface area contributed by atoms with Crippen LogP contribution in [0.2, 0.25) is 5.02 Å². The van der Waals surface area contributed by atoms with Crippen molar-refractivity contribution in [2.45, 2.75) is 76.1 Å². The Morgan fingerprint density at radius 1 is 0.950 bits per heavy atom. The zero-order chi connectivity index (χ0) is 43.4. The molecule has 0 radical (unpaired) electrons. The van der Waals surface area contributed by atoms with Crippen LogP contribution in [0.25, 0.3) is 0 Å². The largest absolute Gasteiger partial charge is 0.466 e. The summed E-state index contributed by atoms with van der Waals surface area (Å²) < 4.78 is 52.9. The highest BCUT2D eigenvalue weighted by molar-refractivity contribution is 6.33. The molecular weight excluding hydrogens is 805 g/mol. The van der Waals surface area contributed by atoms with Crippen molar-refractivity contribution in [3.8, 4) is 0 Å². The van der Waals surface area contributed by atoms with Crippen molar-refractivity contribution >= 4 is 47.1 Å². The van der Waals surface area contributed by atoms with Gasteiger partial charge < -0.3 is 34.8 Å². The molecule has 2 aromatic carbocycles. The molecule has 14 nitrogen and oxygen atoms in total. The summed E-state index contributed by atoms with van der Waals surface area (Å²) in [5.41, 5.74) is 4.53. The van der Waals surface area contributed by atoms with Gasteiger partial charge in [0.15, 0.2) is 6.10 Å². The molecule has 0 spiro atoms. The number of alkyl halides is 3. The van der Waals surface area contributed by atoms with Gasteiger partial charge in [0.1, 0.15) is 5.84 Å². The number of urea groups is 1. The van der Waals surface area contributed by atoms with Crippen LogP contribution < -0.4 is 16.4 Å². The topological polar surface area (TPSA) is 178 Å². The third kappa shape index (κ3) is 13.8. The van der Waals surface area contributed by atoms with Gasteiger partial charge in [0, 0.05) is 64.1 Å². The van der Waals surface area contributed by atoms with E-state index in [0.717, 1.165) is 57.8 Å². The van der Waals surface area contributed by atoms with Gasteiger partial charge in [-0.05, 0) is 88.8 Å². The molecule has 18 heteroatoms. The Balaban J connectivity index is 1.14. The van der Waals surface area contributed by atoms with E-state index < -0.39 is 41.6 Å². The molecule has 2 aromatic rings. The van der Waals surface area contributed by atoms with Crippen LogP contribution in [0.15, 0.2) is 42.5 Å². The van der Waals surface area contributed by atoms with Gasteiger partial charge in [0.05, 0.1) is 35.3 Å². The lowest BCUT2D eigenvalue weighted by molar-refractivity contribution is -0.598. The Bertz CT molecular complexity index is 1780. The lowest BCUT2D eigenvalue weighted by Gasteiger charge is -2.41. The normalized spacial score (nSPS) is 18.0. The molecule has 0 aliphatic carbocycles. The van der Waals surface area contributed by atoms with E-state index >= 15 is 0 Å².